The highest BCUT2D eigenvalue weighted by Gasteiger charge is 2.15. The van der Waals surface area contributed by atoms with Crippen molar-refractivity contribution in [2.24, 2.45) is 0 Å². The van der Waals surface area contributed by atoms with Crippen molar-refractivity contribution in [1.82, 2.24) is 25.5 Å². The van der Waals surface area contributed by atoms with E-state index in [1.54, 1.807) is 44.6 Å². The van der Waals surface area contributed by atoms with Crippen molar-refractivity contribution in [2.45, 2.75) is 13.0 Å². The number of hydrogen-bond acceptors (Lipinski definition) is 6. The Bertz CT molecular complexity index is 896. The van der Waals surface area contributed by atoms with Crippen molar-refractivity contribution in [3.8, 4) is 17.2 Å². The van der Waals surface area contributed by atoms with E-state index in [-0.39, 0.29) is 12.1 Å². The van der Waals surface area contributed by atoms with Gasteiger partial charge in [0.05, 0.1) is 25.9 Å². The third-order valence-electron chi connectivity index (χ3n) is 3.99. The van der Waals surface area contributed by atoms with Gasteiger partial charge in [-0.1, -0.05) is 0 Å². The minimum absolute atomic E-state index is 0.282. The van der Waals surface area contributed by atoms with Gasteiger partial charge >= 0.3 is 6.03 Å². The SMILES string of the molecule is COc1ccc(OC)c([C@H](C)NC(=O)Nc2ccc(-n3cnnn3)cc2)c1. The van der Waals surface area contributed by atoms with Gasteiger partial charge in [-0.15, -0.1) is 5.10 Å². The summed E-state index contributed by atoms with van der Waals surface area (Å²) in [5.74, 6) is 1.37. The molecule has 27 heavy (non-hydrogen) atoms. The Kier molecular flexibility index (Phi) is 5.50. The summed E-state index contributed by atoms with van der Waals surface area (Å²) < 4.78 is 12.1. The maximum absolute atomic E-state index is 12.3. The molecular weight excluding hydrogens is 348 g/mol. The quantitative estimate of drug-likeness (QED) is 0.693. The maximum atomic E-state index is 12.3. The zero-order chi connectivity index (χ0) is 19.2. The first kappa shape index (κ1) is 18.2. The molecular formula is C18H20N6O3. The van der Waals surface area contributed by atoms with Crippen molar-refractivity contribution in [3.63, 3.8) is 0 Å². The van der Waals surface area contributed by atoms with E-state index in [2.05, 4.69) is 26.2 Å². The number of nitrogens with one attached hydrogen (secondary N) is 2. The number of anilines is 1. The lowest BCUT2D eigenvalue weighted by molar-refractivity contribution is 0.249. The smallest absolute Gasteiger partial charge is 0.319 e. The Morgan fingerprint density at radius 2 is 1.89 bits per heavy atom. The number of tetrazole rings is 1. The summed E-state index contributed by atoms with van der Waals surface area (Å²) in [4.78, 5) is 12.3. The summed E-state index contributed by atoms with van der Waals surface area (Å²) in [7, 11) is 3.18. The zero-order valence-corrected chi connectivity index (χ0v) is 15.2. The number of aromatic nitrogens is 4. The number of ether oxygens (including phenoxy) is 2. The van der Waals surface area contributed by atoms with E-state index in [1.165, 1.54) is 11.0 Å². The maximum Gasteiger partial charge on any atom is 0.319 e. The van der Waals surface area contributed by atoms with Crippen LogP contribution in [0.1, 0.15) is 18.5 Å². The summed E-state index contributed by atoms with van der Waals surface area (Å²) >= 11 is 0. The Morgan fingerprint density at radius 1 is 1.11 bits per heavy atom. The van der Waals surface area contributed by atoms with Gasteiger partial charge in [-0.25, -0.2) is 9.48 Å². The minimum Gasteiger partial charge on any atom is -0.497 e. The number of carbonyl (C=O) groups is 1. The van der Waals surface area contributed by atoms with Gasteiger partial charge < -0.3 is 20.1 Å². The van der Waals surface area contributed by atoms with Crippen molar-refractivity contribution in [1.29, 1.82) is 0 Å². The molecule has 0 saturated heterocycles. The van der Waals surface area contributed by atoms with Gasteiger partial charge in [0.2, 0.25) is 0 Å². The van der Waals surface area contributed by atoms with E-state index in [1.807, 2.05) is 19.1 Å². The lowest BCUT2D eigenvalue weighted by atomic mass is 10.1. The number of methoxy groups -OCH3 is 2. The van der Waals surface area contributed by atoms with Crippen LogP contribution < -0.4 is 20.1 Å². The topological polar surface area (TPSA) is 103 Å². The molecule has 9 heteroatoms. The molecule has 0 radical (unpaired) electrons. The largest absolute Gasteiger partial charge is 0.497 e. The van der Waals surface area contributed by atoms with Crippen LogP contribution in [0.15, 0.2) is 48.8 Å². The molecule has 1 aromatic heterocycles. The number of amides is 2. The number of nitrogens with zero attached hydrogens (tertiary/aromatic N) is 4. The molecule has 0 bridgehead atoms. The van der Waals surface area contributed by atoms with Crippen LogP contribution in [0.2, 0.25) is 0 Å². The highest BCUT2D eigenvalue weighted by atomic mass is 16.5. The standard InChI is InChI=1S/C18H20N6O3/c1-12(16-10-15(26-2)8-9-17(16)27-3)20-18(25)21-13-4-6-14(7-5-13)24-11-19-22-23-24/h4-12H,1-3H3,(H2,20,21,25)/t12-/m0/s1. The summed E-state index contributed by atoms with van der Waals surface area (Å²) in [5.41, 5.74) is 2.26. The molecule has 0 aliphatic rings. The average molecular weight is 368 g/mol. The average Bonchev–Trinajstić information content (AvgIpc) is 3.22. The minimum atomic E-state index is -0.331. The van der Waals surface area contributed by atoms with Gasteiger partial charge in [-0.3, -0.25) is 0 Å². The molecule has 0 spiro atoms. The fourth-order valence-corrected chi connectivity index (χ4v) is 2.60. The molecule has 2 amide bonds. The first-order chi connectivity index (χ1) is 13.1. The molecule has 0 saturated carbocycles. The summed E-state index contributed by atoms with van der Waals surface area (Å²) in [6.07, 6.45) is 1.50. The molecule has 1 heterocycles. The lowest BCUT2D eigenvalue weighted by Gasteiger charge is -2.18. The van der Waals surface area contributed by atoms with Gasteiger partial charge in [-0.05, 0) is 59.8 Å². The fourth-order valence-electron chi connectivity index (χ4n) is 2.60. The van der Waals surface area contributed by atoms with E-state index in [0.29, 0.717) is 17.2 Å². The number of hydrogen-bond donors (Lipinski definition) is 2. The van der Waals surface area contributed by atoms with Gasteiger partial charge in [-0.2, -0.15) is 0 Å². The molecule has 140 valence electrons. The fraction of sp³-hybridized carbons (Fsp3) is 0.222. The lowest BCUT2D eigenvalue weighted by Crippen LogP contribution is -2.31. The van der Waals surface area contributed by atoms with Crippen molar-refractivity contribution in [2.75, 3.05) is 19.5 Å². The number of urea groups is 1. The summed E-state index contributed by atoms with van der Waals surface area (Å²) in [6, 6.07) is 12.0. The van der Waals surface area contributed by atoms with Crippen LogP contribution in [0.5, 0.6) is 11.5 Å². The molecule has 2 N–H and O–H groups in total. The molecule has 0 unspecified atom stereocenters. The molecule has 3 rings (SSSR count). The Labute approximate surface area is 156 Å². The van der Waals surface area contributed by atoms with Gasteiger partial charge in [0.15, 0.2) is 0 Å². The molecule has 0 aliphatic heterocycles. The van der Waals surface area contributed by atoms with Gasteiger partial charge in [0.1, 0.15) is 17.8 Å². The van der Waals surface area contributed by atoms with Crippen molar-refractivity contribution in [3.05, 3.63) is 54.4 Å². The molecule has 3 aromatic rings. The second-order valence-corrected chi connectivity index (χ2v) is 5.73. The second-order valence-electron chi connectivity index (χ2n) is 5.73. The molecule has 2 aromatic carbocycles. The van der Waals surface area contributed by atoms with Crippen LogP contribution in [0, 0.1) is 0 Å². The van der Waals surface area contributed by atoms with Crippen LogP contribution in [-0.4, -0.2) is 40.5 Å². The second kappa shape index (κ2) is 8.17. The van der Waals surface area contributed by atoms with E-state index < -0.39 is 0 Å². The van der Waals surface area contributed by atoms with Crippen LogP contribution in [0.25, 0.3) is 5.69 Å². The zero-order valence-electron chi connectivity index (χ0n) is 15.2. The monoisotopic (exact) mass is 368 g/mol. The third-order valence-corrected chi connectivity index (χ3v) is 3.99. The molecule has 0 fully saturated rings. The molecule has 0 aliphatic carbocycles. The van der Waals surface area contributed by atoms with E-state index in [9.17, 15) is 4.79 Å². The first-order valence-electron chi connectivity index (χ1n) is 8.23. The Morgan fingerprint density at radius 3 is 2.52 bits per heavy atom. The Balaban J connectivity index is 1.65. The van der Waals surface area contributed by atoms with Crippen LogP contribution in [0.3, 0.4) is 0 Å². The number of benzene rings is 2. The predicted molar refractivity (Wildman–Crippen MR) is 99.3 cm³/mol. The van der Waals surface area contributed by atoms with Crippen LogP contribution in [-0.2, 0) is 0 Å². The van der Waals surface area contributed by atoms with E-state index in [4.69, 9.17) is 9.47 Å². The third kappa shape index (κ3) is 4.32. The number of carbonyl (C=O) groups excluding carboxylic acids is 1. The van der Waals surface area contributed by atoms with E-state index >= 15 is 0 Å². The van der Waals surface area contributed by atoms with Gasteiger partial charge in [0, 0.05) is 11.3 Å². The Hall–Kier alpha value is -3.62. The summed E-state index contributed by atoms with van der Waals surface area (Å²) in [5, 5.41) is 16.7. The van der Waals surface area contributed by atoms with E-state index in [0.717, 1.165) is 11.3 Å². The van der Waals surface area contributed by atoms with Crippen LogP contribution >= 0.6 is 0 Å². The highest BCUT2D eigenvalue weighted by Crippen LogP contribution is 2.29. The first-order valence-corrected chi connectivity index (χ1v) is 8.23. The van der Waals surface area contributed by atoms with Crippen LogP contribution in [0.4, 0.5) is 10.5 Å². The normalized spacial score (nSPS) is 11.5. The molecule has 9 nitrogen and oxygen atoms in total. The molecule has 1 atom stereocenters. The number of rotatable bonds is 6. The van der Waals surface area contributed by atoms with Gasteiger partial charge in [0.25, 0.3) is 0 Å². The summed E-state index contributed by atoms with van der Waals surface area (Å²) in [6.45, 7) is 1.87. The predicted octanol–water partition coefficient (Wildman–Crippen LogP) is 2.56. The van der Waals surface area contributed by atoms with Crippen molar-refractivity contribution >= 4 is 11.7 Å². The highest BCUT2D eigenvalue weighted by molar-refractivity contribution is 5.89. The van der Waals surface area contributed by atoms with Crippen molar-refractivity contribution < 1.29 is 14.3 Å².